The maximum Gasteiger partial charge on any atom is 0.224 e. The normalized spacial score (nSPS) is 12.9. The summed E-state index contributed by atoms with van der Waals surface area (Å²) in [5.41, 5.74) is 5.62. The molecule has 4 nitrogen and oxygen atoms in total. The van der Waals surface area contributed by atoms with Gasteiger partial charge < -0.3 is 11.1 Å². The minimum Gasteiger partial charge on any atom is -0.366 e. The van der Waals surface area contributed by atoms with Crippen molar-refractivity contribution in [2.45, 2.75) is 19.9 Å². The molecule has 0 aromatic carbocycles. The van der Waals surface area contributed by atoms with Gasteiger partial charge in [-0.3, -0.25) is 0 Å². The summed E-state index contributed by atoms with van der Waals surface area (Å²) in [5.74, 6) is 1.17. The predicted molar refractivity (Wildman–Crippen MR) is 58.3 cm³/mol. The van der Waals surface area contributed by atoms with Gasteiger partial charge in [0.15, 0.2) is 0 Å². The van der Waals surface area contributed by atoms with Crippen LogP contribution in [-0.4, -0.2) is 22.6 Å². The van der Waals surface area contributed by atoms with Crippen LogP contribution in [0.3, 0.4) is 0 Å². The van der Waals surface area contributed by atoms with Crippen LogP contribution >= 0.6 is 11.6 Å². The number of rotatable bonds is 4. The zero-order valence-electron chi connectivity index (χ0n) is 8.37. The molecule has 3 N–H and O–H groups in total. The van der Waals surface area contributed by atoms with Crippen molar-refractivity contribution in [3.05, 3.63) is 17.5 Å². The Morgan fingerprint density at radius 1 is 1.57 bits per heavy atom. The second-order valence-electron chi connectivity index (χ2n) is 3.44. The Bertz CT molecular complexity index is 290. The molecule has 0 spiro atoms. The van der Waals surface area contributed by atoms with Crippen LogP contribution in [0.2, 0.25) is 5.28 Å². The van der Waals surface area contributed by atoms with Crippen LogP contribution < -0.4 is 11.1 Å². The van der Waals surface area contributed by atoms with Crippen molar-refractivity contribution in [2.75, 3.05) is 11.9 Å². The molecule has 0 saturated heterocycles. The van der Waals surface area contributed by atoms with Crippen LogP contribution in [0.1, 0.15) is 13.8 Å². The third-order valence-corrected chi connectivity index (χ3v) is 2.20. The minimum absolute atomic E-state index is 0.209. The van der Waals surface area contributed by atoms with E-state index >= 15 is 0 Å². The Balaban J connectivity index is 2.67. The highest BCUT2D eigenvalue weighted by atomic mass is 35.5. The second-order valence-corrected chi connectivity index (χ2v) is 3.78. The quantitative estimate of drug-likeness (QED) is 0.747. The van der Waals surface area contributed by atoms with E-state index in [1.807, 2.05) is 0 Å². The first-order valence-corrected chi connectivity index (χ1v) is 4.96. The van der Waals surface area contributed by atoms with Gasteiger partial charge in [-0.05, 0) is 23.6 Å². The van der Waals surface area contributed by atoms with E-state index in [9.17, 15) is 0 Å². The summed E-state index contributed by atoms with van der Waals surface area (Å²) in [5, 5.41) is 3.45. The molecule has 5 heteroatoms. The van der Waals surface area contributed by atoms with E-state index < -0.39 is 0 Å². The molecule has 0 fully saturated rings. The molecule has 1 unspecified atom stereocenters. The summed E-state index contributed by atoms with van der Waals surface area (Å²) >= 11 is 5.66. The summed E-state index contributed by atoms with van der Waals surface area (Å²) in [4.78, 5) is 7.83. The number of hydrogen-bond acceptors (Lipinski definition) is 4. The highest BCUT2D eigenvalue weighted by Crippen LogP contribution is 2.10. The summed E-state index contributed by atoms with van der Waals surface area (Å²) in [6, 6.07) is 1.98. The summed E-state index contributed by atoms with van der Waals surface area (Å²) in [6.45, 7) is 4.78. The summed E-state index contributed by atoms with van der Waals surface area (Å²) < 4.78 is 0. The zero-order chi connectivity index (χ0) is 10.6. The lowest BCUT2D eigenvalue weighted by Gasteiger charge is -2.20. The van der Waals surface area contributed by atoms with E-state index in [-0.39, 0.29) is 11.3 Å². The first-order valence-electron chi connectivity index (χ1n) is 4.58. The van der Waals surface area contributed by atoms with Crippen LogP contribution in [0.5, 0.6) is 0 Å². The van der Waals surface area contributed by atoms with Crippen molar-refractivity contribution >= 4 is 17.4 Å². The Kier molecular flexibility index (Phi) is 4.10. The topological polar surface area (TPSA) is 63.8 Å². The van der Waals surface area contributed by atoms with Gasteiger partial charge in [0.05, 0.1) is 0 Å². The van der Waals surface area contributed by atoms with E-state index in [0.717, 1.165) is 0 Å². The molecule has 1 heterocycles. The van der Waals surface area contributed by atoms with Crippen LogP contribution in [0.4, 0.5) is 5.82 Å². The lowest BCUT2D eigenvalue weighted by Crippen LogP contribution is -2.34. The van der Waals surface area contributed by atoms with Crippen LogP contribution in [0, 0.1) is 5.92 Å². The van der Waals surface area contributed by atoms with Crippen molar-refractivity contribution in [3.8, 4) is 0 Å². The molecule has 0 bridgehead atoms. The number of halogens is 1. The average molecular weight is 215 g/mol. The lowest BCUT2D eigenvalue weighted by molar-refractivity contribution is 0.530. The molecule has 0 aliphatic heterocycles. The van der Waals surface area contributed by atoms with Gasteiger partial charge in [-0.1, -0.05) is 13.8 Å². The lowest BCUT2D eigenvalue weighted by atomic mass is 10.1. The van der Waals surface area contributed by atoms with Crippen molar-refractivity contribution in [3.63, 3.8) is 0 Å². The summed E-state index contributed by atoms with van der Waals surface area (Å²) in [7, 11) is 0. The Morgan fingerprint density at radius 3 is 2.79 bits per heavy atom. The average Bonchev–Trinajstić information content (AvgIpc) is 2.14. The fourth-order valence-corrected chi connectivity index (χ4v) is 1.25. The fraction of sp³-hybridized carbons (Fsp3) is 0.556. The molecule has 1 aromatic rings. The first-order chi connectivity index (χ1) is 6.63. The van der Waals surface area contributed by atoms with Gasteiger partial charge in [0.1, 0.15) is 5.82 Å². The Hall–Kier alpha value is -0.870. The van der Waals surface area contributed by atoms with E-state index in [0.29, 0.717) is 18.3 Å². The van der Waals surface area contributed by atoms with Gasteiger partial charge in [0.2, 0.25) is 5.28 Å². The molecule has 78 valence electrons. The maximum absolute atomic E-state index is 5.66. The van der Waals surface area contributed by atoms with Gasteiger partial charge in [-0.2, -0.15) is 0 Å². The maximum atomic E-state index is 5.66. The van der Waals surface area contributed by atoms with Gasteiger partial charge in [0.25, 0.3) is 0 Å². The first kappa shape index (κ1) is 11.2. The molecule has 1 rings (SSSR count). The van der Waals surface area contributed by atoms with Crippen molar-refractivity contribution < 1.29 is 0 Å². The SMILES string of the molecule is CC(C)C(CN)Nc1ccnc(Cl)n1. The molecule has 14 heavy (non-hydrogen) atoms. The van der Waals surface area contributed by atoms with E-state index in [1.165, 1.54) is 0 Å². The molecular weight excluding hydrogens is 200 g/mol. The smallest absolute Gasteiger partial charge is 0.224 e. The van der Waals surface area contributed by atoms with Crippen molar-refractivity contribution in [2.24, 2.45) is 11.7 Å². The van der Waals surface area contributed by atoms with Crippen LogP contribution in [0.25, 0.3) is 0 Å². The number of nitrogens with two attached hydrogens (primary N) is 1. The number of nitrogens with one attached hydrogen (secondary N) is 1. The number of hydrogen-bond donors (Lipinski definition) is 2. The highest BCUT2D eigenvalue weighted by Gasteiger charge is 2.11. The number of nitrogens with zero attached hydrogens (tertiary/aromatic N) is 2. The van der Waals surface area contributed by atoms with E-state index in [1.54, 1.807) is 12.3 Å². The summed E-state index contributed by atoms with van der Waals surface area (Å²) in [6.07, 6.45) is 1.62. The van der Waals surface area contributed by atoms with Crippen LogP contribution in [0.15, 0.2) is 12.3 Å². The van der Waals surface area contributed by atoms with Crippen LogP contribution in [-0.2, 0) is 0 Å². The third kappa shape index (κ3) is 3.12. The van der Waals surface area contributed by atoms with Crippen molar-refractivity contribution in [1.29, 1.82) is 0 Å². The monoisotopic (exact) mass is 214 g/mol. The molecule has 1 aromatic heterocycles. The van der Waals surface area contributed by atoms with E-state index in [2.05, 4.69) is 29.1 Å². The minimum atomic E-state index is 0.209. The van der Waals surface area contributed by atoms with Gasteiger partial charge in [-0.25, -0.2) is 9.97 Å². The van der Waals surface area contributed by atoms with Crippen molar-refractivity contribution in [1.82, 2.24) is 9.97 Å². The molecule has 0 aliphatic carbocycles. The van der Waals surface area contributed by atoms with Gasteiger partial charge >= 0.3 is 0 Å². The number of aromatic nitrogens is 2. The second kappa shape index (κ2) is 5.12. The molecule has 0 saturated carbocycles. The molecule has 1 atom stereocenters. The third-order valence-electron chi connectivity index (χ3n) is 2.02. The van der Waals surface area contributed by atoms with Gasteiger partial charge in [0, 0.05) is 18.8 Å². The van der Waals surface area contributed by atoms with Gasteiger partial charge in [-0.15, -0.1) is 0 Å². The zero-order valence-corrected chi connectivity index (χ0v) is 9.12. The Morgan fingerprint density at radius 2 is 2.29 bits per heavy atom. The molecule has 0 radical (unpaired) electrons. The fourth-order valence-electron chi connectivity index (χ4n) is 1.10. The molecule has 0 aliphatic rings. The largest absolute Gasteiger partial charge is 0.366 e. The highest BCUT2D eigenvalue weighted by molar-refractivity contribution is 6.28. The Labute approximate surface area is 88.9 Å². The van der Waals surface area contributed by atoms with E-state index in [4.69, 9.17) is 17.3 Å². The predicted octanol–water partition coefficient (Wildman–Crippen LogP) is 1.53. The molecule has 0 amide bonds. The number of anilines is 1. The molecular formula is C9H15ClN4. The standard InChI is InChI=1S/C9H15ClN4/c1-6(2)7(5-11)13-8-3-4-12-9(10)14-8/h3-4,6-7H,5,11H2,1-2H3,(H,12,13,14).